The monoisotopic (exact) mass is 350 g/mol. The van der Waals surface area contributed by atoms with Gasteiger partial charge in [-0.25, -0.2) is 4.39 Å². The molecule has 4 heteroatoms. The van der Waals surface area contributed by atoms with Crippen molar-refractivity contribution in [3.8, 4) is 11.4 Å². The number of nitrogens with zero attached hydrogens (tertiary/aromatic N) is 2. The summed E-state index contributed by atoms with van der Waals surface area (Å²) in [5, 5.41) is 1.12. The molecule has 0 unspecified atom stereocenters. The minimum Gasteiger partial charge on any atom is -0.494 e. The van der Waals surface area contributed by atoms with Crippen molar-refractivity contribution < 1.29 is 9.13 Å². The van der Waals surface area contributed by atoms with E-state index in [0.29, 0.717) is 0 Å². The van der Waals surface area contributed by atoms with Gasteiger partial charge in [0.05, 0.1) is 12.1 Å². The number of ether oxygens (including phenoxy) is 1. The lowest BCUT2D eigenvalue weighted by Crippen LogP contribution is -2.29. The fourth-order valence-electron chi connectivity index (χ4n) is 3.41. The van der Waals surface area contributed by atoms with Gasteiger partial charge in [-0.15, -0.1) is 0 Å². The molecular formula is C22H23FN2O. The summed E-state index contributed by atoms with van der Waals surface area (Å²) in [4.78, 5) is 2.45. The molecule has 3 aromatic rings. The van der Waals surface area contributed by atoms with Crippen LogP contribution in [0.5, 0.6) is 5.75 Å². The number of benzene rings is 2. The van der Waals surface area contributed by atoms with E-state index in [0.717, 1.165) is 61.4 Å². The molecule has 0 saturated heterocycles. The third kappa shape index (κ3) is 3.81. The Morgan fingerprint density at radius 2 is 1.88 bits per heavy atom. The maximum atomic E-state index is 13.1. The van der Waals surface area contributed by atoms with Crippen LogP contribution in [0.25, 0.3) is 16.6 Å². The Balaban J connectivity index is 1.38. The van der Waals surface area contributed by atoms with E-state index in [1.807, 2.05) is 12.3 Å². The summed E-state index contributed by atoms with van der Waals surface area (Å²) in [6.45, 7) is 4.01. The third-order valence-corrected chi connectivity index (χ3v) is 4.80. The molecule has 26 heavy (non-hydrogen) atoms. The zero-order chi connectivity index (χ0) is 17.8. The summed E-state index contributed by atoms with van der Waals surface area (Å²) in [6.07, 6.45) is 8.68. The Labute approximate surface area is 153 Å². The van der Waals surface area contributed by atoms with Crippen LogP contribution in [0.15, 0.2) is 66.9 Å². The summed E-state index contributed by atoms with van der Waals surface area (Å²) < 4.78 is 21.1. The highest BCUT2D eigenvalue weighted by atomic mass is 19.1. The molecule has 0 bridgehead atoms. The maximum Gasteiger partial charge on any atom is 0.123 e. The van der Waals surface area contributed by atoms with Gasteiger partial charge in [0.1, 0.15) is 11.6 Å². The highest BCUT2D eigenvalue weighted by Gasteiger charge is 2.07. The molecule has 1 aromatic heterocycles. The second-order valence-electron chi connectivity index (χ2n) is 6.65. The van der Waals surface area contributed by atoms with Crippen LogP contribution in [0, 0.1) is 5.82 Å². The van der Waals surface area contributed by atoms with Crippen molar-refractivity contribution in [3.63, 3.8) is 0 Å². The van der Waals surface area contributed by atoms with Gasteiger partial charge in [0.15, 0.2) is 0 Å². The molecule has 0 radical (unpaired) electrons. The molecule has 4 rings (SSSR count). The number of aromatic nitrogens is 1. The highest BCUT2D eigenvalue weighted by molar-refractivity contribution is 5.83. The van der Waals surface area contributed by atoms with Gasteiger partial charge in [0.2, 0.25) is 0 Å². The molecule has 0 N–H and O–H groups in total. The zero-order valence-electron chi connectivity index (χ0n) is 14.8. The Morgan fingerprint density at radius 1 is 1.00 bits per heavy atom. The van der Waals surface area contributed by atoms with Crippen LogP contribution in [0.2, 0.25) is 0 Å². The topological polar surface area (TPSA) is 17.4 Å². The lowest BCUT2D eigenvalue weighted by molar-refractivity contribution is 0.247. The fraction of sp³-hybridized carbons (Fsp3) is 0.273. The van der Waals surface area contributed by atoms with Crippen LogP contribution in [0.3, 0.4) is 0 Å². The summed E-state index contributed by atoms with van der Waals surface area (Å²) in [5.41, 5.74) is 2.04. The minimum absolute atomic E-state index is 0.221. The van der Waals surface area contributed by atoms with Gasteiger partial charge in [-0.1, -0.05) is 12.2 Å². The van der Waals surface area contributed by atoms with Crippen molar-refractivity contribution in [2.24, 2.45) is 0 Å². The second kappa shape index (κ2) is 7.75. The van der Waals surface area contributed by atoms with Crippen LogP contribution in [0.4, 0.5) is 4.39 Å². The molecule has 1 aliphatic heterocycles. The summed E-state index contributed by atoms with van der Waals surface area (Å²) in [5.74, 6) is 0.675. The van der Waals surface area contributed by atoms with Gasteiger partial charge in [0.25, 0.3) is 0 Å². The van der Waals surface area contributed by atoms with Crippen LogP contribution < -0.4 is 4.74 Å². The molecule has 0 atom stereocenters. The van der Waals surface area contributed by atoms with Gasteiger partial charge >= 0.3 is 0 Å². The average molecular weight is 350 g/mol. The first-order valence-corrected chi connectivity index (χ1v) is 9.17. The Morgan fingerprint density at radius 3 is 2.69 bits per heavy atom. The van der Waals surface area contributed by atoms with Crippen molar-refractivity contribution >= 4 is 10.9 Å². The van der Waals surface area contributed by atoms with Gasteiger partial charge in [-0.3, -0.25) is 4.90 Å². The molecule has 0 saturated carbocycles. The first-order chi connectivity index (χ1) is 12.8. The molecule has 3 nitrogen and oxygen atoms in total. The van der Waals surface area contributed by atoms with Crippen molar-refractivity contribution in [3.05, 3.63) is 72.7 Å². The first kappa shape index (κ1) is 16.9. The third-order valence-electron chi connectivity index (χ3n) is 4.80. The molecule has 1 aliphatic rings. The summed E-state index contributed by atoms with van der Waals surface area (Å²) in [6, 6.07) is 14.7. The summed E-state index contributed by atoms with van der Waals surface area (Å²) >= 11 is 0. The van der Waals surface area contributed by atoms with E-state index in [9.17, 15) is 4.39 Å². The van der Waals surface area contributed by atoms with Crippen molar-refractivity contribution in [2.45, 2.75) is 12.8 Å². The van der Waals surface area contributed by atoms with Crippen molar-refractivity contribution in [1.82, 2.24) is 9.47 Å². The number of hydrogen-bond donors (Lipinski definition) is 0. The molecule has 2 heterocycles. The molecule has 0 amide bonds. The van der Waals surface area contributed by atoms with Crippen LogP contribution >= 0.6 is 0 Å². The molecular weight excluding hydrogens is 327 g/mol. The number of halogens is 1. The number of rotatable bonds is 6. The van der Waals surface area contributed by atoms with Crippen molar-refractivity contribution in [1.29, 1.82) is 0 Å². The lowest BCUT2D eigenvalue weighted by atomic mass is 10.2. The van der Waals surface area contributed by atoms with E-state index in [1.165, 1.54) is 12.1 Å². The maximum absolute atomic E-state index is 13.1. The normalized spacial score (nSPS) is 14.8. The van der Waals surface area contributed by atoms with Crippen LogP contribution in [-0.4, -0.2) is 35.7 Å². The Kier molecular flexibility index (Phi) is 5.02. The average Bonchev–Trinajstić information content (AvgIpc) is 3.10. The molecule has 0 fully saturated rings. The zero-order valence-corrected chi connectivity index (χ0v) is 14.8. The minimum atomic E-state index is -0.221. The van der Waals surface area contributed by atoms with E-state index < -0.39 is 0 Å². The van der Waals surface area contributed by atoms with Gasteiger partial charge < -0.3 is 9.30 Å². The Bertz CT molecular complexity index is 898. The summed E-state index contributed by atoms with van der Waals surface area (Å²) in [7, 11) is 0. The SMILES string of the molecule is Fc1ccc(-n2ccc3cc(OCCCN4CC=CCC4)ccc32)cc1. The fourth-order valence-corrected chi connectivity index (χ4v) is 3.41. The first-order valence-electron chi connectivity index (χ1n) is 9.17. The van der Waals surface area contributed by atoms with E-state index in [1.54, 1.807) is 12.1 Å². The van der Waals surface area contributed by atoms with Gasteiger partial charge in [-0.2, -0.15) is 0 Å². The molecule has 0 aliphatic carbocycles. The van der Waals surface area contributed by atoms with E-state index in [4.69, 9.17) is 4.74 Å². The van der Waals surface area contributed by atoms with E-state index in [-0.39, 0.29) is 5.82 Å². The Hall–Kier alpha value is -2.59. The van der Waals surface area contributed by atoms with Gasteiger partial charge in [-0.05, 0) is 61.4 Å². The van der Waals surface area contributed by atoms with Crippen molar-refractivity contribution in [2.75, 3.05) is 26.2 Å². The predicted molar refractivity (Wildman–Crippen MR) is 104 cm³/mol. The molecule has 2 aromatic carbocycles. The van der Waals surface area contributed by atoms with E-state index >= 15 is 0 Å². The smallest absolute Gasteiger partial charge is 0.123 e. The number of hydrogen-bond acceptors (Lipinski definition) is 2. The van der Waals surface area contributed by atoms with Crippen LogP contribution in [-0.2, 0) is 0 Å². The lowest BCUT2D eigenvalue weighted by Gasteiger charge is -2.22. The second-order valence-corrected chi connectivity index (χ2v) is 6.65. The van der Waals surface area contributed by atoms with Crippen LogP contribution in [0.1, 0.15) is 12.8 Å². The highest BCUT2D eigenvalue weighted by Crippen LogP contribution is 2.25. The van der Waals surface area contributed by atoms with E-state index in [2.05, 4.69) is 39.8 Å². The molecule has 0 spiro atoms. The molecule has 134 valence electrons. The predicted octanol–water partition coefficient (Wildman–Crippen LogP) is 4.80. The quantitative estimate of drug-likeness (QED) is 0.469. The van der Waals surface area contributed by atoms with Gasteiger partial charge in [0, 0.05) is 36.9 Å². The standard InChI is InChI=1S/C22H23FN2O/c23-19-5-7-20(8-6-19)25-15-11-18-17-21(9-10-22(18)25)26-16-4-14-24-12-2-1-3-13-24/h1-2,5-11,15,17H,3-4,12-14,16H2. The number of fused-ring (bicyclic) bond motifs is 1. The largest absolute Gasteiger partial charge is 0.494 e.